The van der Waals surface area contributed by atoms with Crippen molar-refractivity contribution in [3.63, 3.8) is 0 Å². The van der Waals surface area contributed by atoms with Gasteiger partial charge in [-0.2, -0.15) is 0 Å². The third kappa shape index (κ3) is 2.09. The molecule has 1 aromatic heterocycles. The molecule has 0 saturated heterocycles. The van der Waals surface area contributed by atoms with Crippen LogP contribution in [-0.2, 0) is 4.79 Å². The van der Waals surface area contributed by atoms with Gasteiger partial charge in [-0.15, -0.1) is 0 Å². The standard InChI is InChI=1S/C12H10Cl2N2OS/c13-7-4-5-8(14)10-9(7)15-12(18-10)16-11(17)6-2-1-3-6/h4-6H,1-3H2,(H,15,16,17). The van der Waals surface area contributed by atoms with Crippen molar-refractivity contribution >= 4 is 55.8 Å². The van der Waals surface area contributed by atoms with Crippen molar-refractivity contribution in [2.75, 3.05) is 5.32 Å². The molecule has 0 radical (unpaired) electrons. The lowest BCUT2D eigenvalue weighted by Gasteiger charge is -2.23. The fourth-order valence-electron chi connectivity index (χ4n) is 1.88. The Labute approximate surface area is 118 Å². The van der Waals surface area contributed by atoms with Crippen molar-refractivity contribution in [3.05, 3.63) is 22.2 Å². The molecular formula is C12H10Cl2N2OS. The number of halogens is 2. The number of fused-ring (bicyclic) bond motifs is 1. The van der Waals surface area contributed by atoms with Crippen molar-refractivity contribution in [1.29, 1.82) is 0 Å². The van der Waals surface area contributed by atoms with E-state index in [-0.39, 0.29) is 11.8 Å². The molecule has 1 heterocycles. The summed E-state index contributed by atoms with van der Waals surface area (Å²) in [6.45, 7) is 0. The lowest BCUT2D eigenvalue weighted by atomic mass is 9.85. The Morgan fingerprint density at radius 1 is 1.33 bits per heavy atom. The maximum Gasteiger partial charge on any atom is 0.229 e. The number of carbonyl (C=O) groups excluding carboxylic acids is 1. The summed E-state index contributed by atoms with van der Waals surface area (Å²) < 4.78 is 0.813. The van der Waals surface area contributed by atoms with Crippen LogP contribution in [0.1, 0.15) is 19.3 Å². The molecule has 3 nitrogen and oxygen atoms in total. The first-order chi connectivity index (χ1) is 8.65. The molecule has 1 fully saturated rings. The van der Waals surface area contributed by atoms with Crippen LogP contribution in [0.15, 0.2) is 12.1 Å². The molecule has 1 aromatic carbocycles. The predicted molar refractivity (Wildman–Crippen MR) is 75.6 cm³/mol. The third-order valence-corrected chi connectivity index (χ3v) is 4.89. The number of carbonyl (C=O) groups is 1. The first-order valence-corrected chi connectivity index (χ1v) is 7.28. The van der Waals surface area contributed by atoms with E-state index in [2.05, 4.69) is 10.3 Å². The minimum atomic E-state index is 0.0487. The Balaban J connectivity index is 1.91. The largest absolute Gasteiger partial charge is 0.302 e. The van der Waals surface area contributed by atoms with Crippen LogP contribution in [-0.4, -0.2) is 10.9 Å². The molecule has 94 valence electrons. The molecule has 6 heteroatoms. The second kappa shape index (κ2) is 4.68. The van der Waals surface area contributed by atoms with Gasteiger partial charge in [0.15, 0.2) is 5.13 Å². The molecule has 1 amide bonds. The van der Waals surface area contributed by atoms with E-state index < -0.39 is 0 Å². The van der Waals surface area contributed by atoms with Crippen LogP contribution < -0.4 is 5.32 Å². The van der Waals surface area contributed by atoms with E-state index in [9.17, 15) is 4.79 Å². The van der Waals surface area contributed by atoms with E-state index in [0.717, 1.165) is 24.0 Å². The van der Waals surface area contributed by atoms with E-state index >= 15 is 0 Å². The monoisotopic (exact) mass is 300 g/mol. The molecule has 1 aliphatic rings. The Kier molecular flexibility index (Phi) is 3.18. The maximum absolute atomic E-state index is 11.8. The molecule has 1 N–H and O–H groups in total. The van der Waals surface area contributed by atoms with Gasteiger partial charge in [-0.3, -0.25) is 4.79 Å². The Morgan fingerprint density at radius 3 is 2.67 bits per heavy atom. The number of aromatic nitrogens is 1. The summed E-state index contributed by atoms with van der Waals surface area (Å²) in [5.74, 6) is 0.190. The van der Waals surface area contributed by atoms with E-state index in [1.807, 2.05) is 0 Å². The molecule has 0 unspecified atom stereocenters. The Bertz CT molecular complexity index is 583. The Hall–Kier alpha value is -0.840. The topological polar surface area (TPSA) is 42.0 Å². The molecule has 3 rings (SSSR count). The average molecular weight is 301 g/mol. The fourth-order valence-corrected chi connectivity index (χ4v) is 3.30. The maximum atomic E-state index is 11.8. The summed E-state index contributed by atoms with van der Waals surface area (Å²) in [6.07, 6.45) is 3.08. The number of thiazole rings is 1. The van der Waals surface area contributed by atoms with Crippen molar-refractivity contribution in [2.45, 2.75) is 19.3 Å². The molecular weight excluding hydrogens is 291 g/mol. The van der Waals surface area contributed by atoms with Crippen LogP contribution in [0.3, 0.4) is 0 Å². The quantitative estimate of drug-likeness (QED) is 0.896. The molecule has 0 atom stereocenters. The third-order valence-electron chi connectivity index (χ3n) is 3.15. The van der Waals surface area contributed by atoms with Crippen LogP contribution in [0.5, 0.6) is 0 Å². The SMILES string of the molecule is O=C(Nc1nc2c(Cl)ccc(Cl)c2s1)C1CCC1. The zero-order valence-corrected chi connectivity index (χ0v) is 11.7. The van der Waals surface area contributed by atoms with Crippen molar-refractivity contribution < 1.29 is 4.79 Å². The molecule has 1 saturated carbocycles. The van der Waals surface area contributed by atoms with Gasteiger partial charge >= 0.3 is 0 Å². The van der Waals surface area contributed by atoms with Crippen LogP contribution in [0, 0.1) is 5.92 Å². The highest BCUT2D eigenvalue weighted by molar-refractivity contribution is 7.23. The molecule has 2 aromatic rings. The minimum absolute atomic E-state index is 0.0487. The highest BCUT2D eigenvalue weighted by Gasteiger charge is 2.26. The number of hydrogen-bond acceptors (Lipinski definition) is 3. The van der Waals surface area contributed by atoms with Crippen molar-refractivity contribution in [1.82, 2.24) is 4.98 Å². The smallest absolute Gasteiger partial charge is 0.229 e. The van der Waals surface area contributed by atoms with Gasteiger partial charge in [-0.1, -0.05) is 41.0 Å². The molecule has 1 aliphatic carbocycles. The zero-order chi connectivity index (χ0) is 12.7. The first kappa shape index (κ1) is 12.2. The lowest BCUT2D eigenvalue weighted by molar-refractivity contribution is -0.122. The second-order valence-electron chi connectivity index (χ2n) is 4.34. The highest BCUT2D eigenvalue weighted by Crippen LogP contribution is 2.36. The van der Waals surface area contributed by atoms with E-state index in [1.54, 1.807) is 12.1 Å². The van der Waals surface area contributed by atoms with Gasteiger partial charge in [0.2, 0.25) is 5.91 Å². The van der Waals surface area contributed by atoms with Gasteiger partial charge in [0.25, 0.3) is 0 Å². The summed E-state index contributed by atoms with van der Waals surface area (Å²) in [5, 5.41) is 4.56. The van der Waals surface area contributed by atoms with E-state index in [4.69, 9.17) is 23.2 Å². The van der Waals surface area contributed by atoms with Crippen LogP contribution in [0.4, 0.5) is 5.13 Å². The van der Waals surface area contributed by atoms with Crippen molar-refractivity contribution in [2.24, 2.45) is 5.92 Å². The van der Waals surface area contributed by atoms with Crippen molar-refractivity contribution in [3.8, 4) is 0 Å². The van der Waals surface area contributed by atoms with Gasteiger partial charge in [0.1, 0.15) is 5.52 Å². The van der Waals surface area contributed by atoms with Gasteiger partial charge in [-0.25, -0.2) is 4.98 Å². The number of rotatable bonds is 2. The number of anilines is 1. The molecule has 0 aliphatic heterocycles. The Morgan fingerprint density at radius 2 is 2.06 bits per heavy atom. The van der Waals surface area contributed by atoms with Gasteiger partial charge in [0, 0.05) is 5.92 Å². The highest BCUT2D eigenvalue weighted by atomic mass is 35.5. The van der Waals surface area contributed by atoms with Gasteiger partial charge in [-0.05, 0) is 25.0 Å². The number of hydrogen-bond donors (Lipinski definition) is 1. The summed E-state index contributed by atoms with van der Waals surface area (Å²) in [4.78, 5) is 16.2. The molecule has 0 spiro atoms. The van der Waals surface area contributed by atoms with Crippen LogP contribution in [0.25, 0.3) is 10.2 Å². The zero-order valence-electron chi connectivity index (χ0n) is 9.37. The van der Waals surface area contributed by atoms with Crippen LogP contribution in [0.2, 0.25) is 10.0 Å². The van der Waals surface area contributed by atoms with E-state index in [1.165, 1.54) is 11.3 Å². The average Bonchev–Trinajstić information content (AvgIpc) is 2.66. The first-order valence-electron chi connectivity index (χ1n) is 5.70. The summed E-state index contributed by atoms with van der Waals surface area (Å²) in [6, 6.07) is 3.45. The summed E-state index contributed by atoms with van der Waals surface area (Å²) in [7, 11) is 0. The number of nitrogens with zero attached hydrogens (tertiary/aromatic N) is 1. The lowest BCUT2D eigenvalue weighted by Crippen LogP contribution is -2.27. The molecule has 0 bridgehead atoms. The second-order valence-corrected chi connectivity index (χ2v) is 6.16. The number of benzene rings is 1. The number of nitrogens with one attached hydrogen (secondary N) is 1. The summed E-state index contributed by atoms with van der Waals surface area (Å²) in [5.41, 5.74) is 0.651. The van der Waals surface area contributed by atoms with Crippen LogP contribution >= 0.6 is 34.5 Å². The normalized spacial score (nSPS) is 15.7. The molecule has 18 heavy (non-hydrogen) atoms. The minimum Gasteiger partial charge on any atom is -0.302 e. The van der Waals surface area contributed by atoms with Gasteiger partial charge < -0.3 is 5.32 Å². The van der Waals surface area contributed by atoms with Gasteiger partial charge in [0.05, 0.1) is 14.7 Å². The number of amides is 1. The summed E-state index contributed by atoms with van der Waals surface area (Å²) >= 11 is 13.5. The van der Waals surface area contributed by atoms with E-state index in [0.29, 0.717) is 20.7 Å². The fraction of sp³-hybridized carbons (Fsp3) is 0.333. The predicted octanol–water partition coefficient (Wildman–Crippen LogP) is 4.34.